The molecule has 6 rings (SSSR count). The standard InChI is InChI=1S/C35H34P2/c1-5-14-30(15-6-1)36(31-16-7-2-8-17-31)27-13-22-34(35-25-23-29(28-35)24-26-35)37(32-18-9-3-10-19-32)33-20-11-4-12-21-33/h1-12,14-21,23-26,29,34H,13,22,27-28H2. The van der Waals surface area contributed by atoms with E-state index < -0.39 is 7.92 Å². The van der Waals surface area contributed by atoms with Crippen LogP contribution in [-0.2, 0) is 0 Å². The third-order valence-corrected chi connectivity index (χ3v) is 13.6. The topological polar surface area (TPSA) is 0 Å². The molecule has 1 atom stereocenters. The van der Waals surface area contributed by atoms with Gasteiger partial charge in [-0.25, -0.2) is 0 Å². The van der Waals surface area contributed by atoms with Gasteiger partial charge in [0.05, 0.1) is 0 Å². The van der Waals surface area contributed by atoms with Crippen molar-refractivity contribution in [2.24, 2.45) is 11.3 Å². The lowest BCUT2D eigenvalue weighted by molar-refractivity contribution is 0.437. The van der Waals surface area contributed by atoms with Gasteiger partial charge in [-0.2, -0.15) is 0 Å². The summed E-state index contributed by atoms with van der Waals surface area (Å²) in [5.74, 6) is 0.622. The molecule has 2 bridgehead atoms. The molecule has 0 saturated heterocycles. The minimum absolute atomic E-state index is 0.185. The van der Waals surface area contributed by atoms with Crippen LogP contribution in [0.3, 0.4) is 0 Å². The fraction of sp³-hybridized carbons (Fsp3) is 0.200. The Hall–Kier alpha value is -2.78. The van der Waals surface area contributed by atoms with E-state index in [-0.39, 0.29) is 13.3 Å². The molecular formula is C35H34P2. The zero-order valence-electron chi connectivity index (χ0n) is 21.2. The minimum Gasteiger partial charge on any atom is -0.0807 e. The molecule has 4 aromatic carbocycles. The smallest absolute Gasteiger partial charge is 0.0144 e. The van der Waals surface area contributed by atoms with E-state index in [9.17, 15) is 0 Å². The summed E-state index contributed by atoms with van der Waals surface area (Å²) in [4.78, 5) is 0. The highest BCUT2D eigenvalue weighted by Gasteiger charge is 2.46. The van der Waals surface area contributed by atoms with E-state index in [4.69, 9.17) is 0 Å². The van der Waals surface area contributed by atoms with Crippen LogP contribution in [0.5, 0.6) is 0 Å². The van der Waals surface area contributed by atoms with E-state index in [1.54, 1.807) is 0 Å². The highest BCUT2D eigenvalue weighted by atomic mass is 31.1. The van der Waals surface area contributed by atoms with Gasteiger partial charge < -0.3 is 0 Å². The molecule has 184 valence electrons. The maximum absolute atomic E-state index is 2.57. The van der Waals surface area contributed by atoms with Crippen molar-refractivity contribution in [2.45, 2.75) is 24.9 Å². The zero-order valence-corrected chi connectivity index (χ0v) is 23.0. The SMILES string of the molecule is C1=CC2(C(CCCP(c3ccccc3)c3ccccc3)P(c3ccccc3)c3ccccc3)C=CC1C2. The Morgan fingerprint density at radius 3 is 1.43 bits per heavy atom. The number of hydrogen-bond acceptors (Lipinski definition) is 0. The lowest BCUT2D eigenvalue weighted by Crippen LogP contribution is -2.34. The molecule has 0 fully saturated rings. The maximum atomic E-state index is 2.57. The molecule has 4 aromatic rings. The van der Waals surface area contributed by atoms with Crippen LogP contribution >= 0.6 is 15.8 Å². The summed E-state index contributed by atoms with van der Waals surface area (Å²) < 4.78 is 0. The quantitative estimate of drug-likeness (QED) is 0.151. The molecule has 0 radical (unpaired) electrons. The van der Waals surface area contributed by atoms with Gasteiger partial charge in [-0.15, -0.1) is 0 Å². The third kappa shape index (κ3) is 5.29. The molecule has 2 aliphatic rings. The Bertz CT molecular complexity index is 1240. The van der Waals surface area contributed by atoms with Crippen molar-refractivity contribution in [1.29, 1.82) is 0 Å². The van der Waals surface area contributed by atoms with Crippen molar-refractivity contribution in [3.8, 4) is 0 Å². The number of hydrogen-bond donors (Lipinski definition) is 0. The van der Waals surface area contributed by atoms with Gasteiger partial charge in [-0.05, 0) is 74.1 Å². The summed E-state index contributed by atoms with van der Waals surface area (Å²) in [6.07, 6.45) is 15.1. The van der Waals surface area contributed by atoms with E-state index >= 15 is 0 Å². The van der Waals surface area contributed by atoms with Crippen LogP contribution in [0.15, 0.2) is 146 Å². The molecule has 0 saturated carbocycles. The molecule has 1 unspecified atom stereocenters. The van der Waals surface area contributed by atoms with Crippen molar-refractivity contribution >= 4 is 37.1 Å². The normalized spacial score (nSPS) is 20.6. The van der Waals surface area contributed by atoms with Crippen molar-refractivity contribution in [3.63, 3.8) is 0 Å². The molecule has 2 heteroatoms. The largest absolute Gasteiger partial charge is 0.0807 e. The molecule has 0 nitrogen and oxygen atoms in total. The molecule has 37 heavy (non-hydrogen) atoms. The number of allylic oxidation sites excluding steroid dienone is 4. The molecule has 0 aliphatic heterocycles. The lowest BCUT2D eigenvalue weighted by Gasteiger charge is -2.40. The average Bonchev–Trinajstić information content (AvgIpc) is 3.59. The van der Waals surface area contributed by atoms with Crippen LogP contribution in [0.2, 0.25) is 0 Å². The van der Waals surface area contributed by atoms with Crippen LogP contribution in [0.4, 0.5) is 0 Å². The summed E-state index contributed by atoms with van der Waals surface area (Å²) in [6, 6.07) is 45.1. The number of benzene rings is 4. The van der Waals surface area contributed by atoms with Crippen LogP contribution in [0.1, 0.15) is 19.3 Å². The first-order valence-corrected chi connectivity index (χ1v) is 16.4. The Morgan fingerprint density at radius 2 is 1.03 bits per heavy atom. The van der Waals surface area contributed by atoms with Gasteiger partial charge in [0.25, 0.3) is 0 Å². The van der Waals surface area contributed by atoms with Crippen molar-refractivity contribution in [1.82, 2.24) is 0 Å². The predicted octanol–water partition coefficient (Wildman–Crippen LogP) is 7.53. The van der Waals surface area contributed by atoms with E-state index in [0.29, 0.717) is 11.6 Å². The summed E-state index contributed by atoms with van der Waals surface area (Å²) in [5, 5.41) is 6.00. The van der Waals surface area contributed by atoms with Crippen molar-refractivity contribution in [2.75, 3.05) is 6.16 Å². The lowest BCUT2D eigenvalue weighted by atomic mass is 9.84. The van der Waals surface area contributed by atoms with Gasteiger partial charge in [0.2, 0.25) is 0 Å². The molecule has 0 amide bonds. The first-order valence-electron chi connectivity index (χ1n) is 13.5. The second-order valence-electron chi connectivity index (χ2n) is 10.2. The maximum Gasteiger partial charge on any atom is 0.0144 e. The predicted molar refractivity (Wildman–Crippen MR) is 165 cm³/mol. The summed E-state index contributed by atoms with van der Waals surface area (Å²) in [7, 11) is -0.849. The van der Waals surface area contributed by atoms with Crippen LogP contribution < -0.4 is 21.2 Å². The fourth-order valence-corrected chi connectivity index (χ4v) is 11.7. The Balaban J connectivity index is 1.33. The second kappa shape index (κ2) is 11.3. The average molecular weight is 517 g/mol. The van der Waals surface area contributed by atoms with Gasteiger partial charge in [-0.3, -0.25) is 0 Å². The molecule has 0 aromatic heterocycles. The third-order valence-electron chi connectivity index (χ3n) is 7.89. The van der Waals surface area contributed by atoms with Gasteiger partial charge in [-0.1, -0.05) is 146 Å². The number of rotatable bonds is 10. The Kier molecular flexibility index (Phi) is 7.50. The van der Waals surface area contributed by atoms with Gasteiger partial charge in [0, 0.05) is 5.41 Å². The summed E-state index contributed by atoms with van der Waals surface area (Å²) in [5.41, 5.74) is 0.778. The van der Waals surface area contributed by atoms with Gasteiger partial charge in [0.1, 0.15) is 0 Å². The van der Waals surface area contributed by atoms with Crippen molar-refractivity contribution < 1.29 is 0 Å². The van der Waals surface area contributed by atoms with E-state index in [0.717, 1.165) is 0 Å². The van der Waals surface area contributed by atoms with Crippen LogP contribution in [0, 0.1) is 11.3 Å². The van der Waals surface area contributed by atoms with Gasteiger partial charge >= 0.3 is 0 Å². The molecule has 2 aliphatic carbocycles. The monoisotopic (exact) mass is 516 g/mol. The van der Waals surface area contributed by atoms with Crippen LogP contribution in [0.25, 0.3) is 0 Å². The minimum atomic E-state index is -0.488. The Labute approximate surface area is 224 Å². The van der Waals surface area contributed by atoms with Crippen LogP contribution in [-0.4, -0.2) is 11.8 Å². The molecule has 0 N–H and O–H groups in total. The fourth-order valence-electron chi connectivity index (χ4n) is 6.15. The molecule has 0 spiro atoms. The first-order chi connectivity index (χ1) is 18.3. The molecule has 0 heterocycles. The van der Waals surface area contributed by atoms with E-state index in [2.05, 4.69) is 146 Å². The zero-order chi connectivity index (χ0) is 24.9. The highest BCUT2D eigenvalue weighted by molar-refractivity contribution is 7.74. The van der Waals surface area contributed by atoms with Crippen molar-refractivity contribution in [3.05, 3.63) is 146 Å². The summed E-state index contributed by atoms with van der Waals surface area (Å²) in [6.45, 7) is 0. The first kappa shape index (κ1) is 24.6. The molecular weight excluding hydrogens is 482 g/mol. The number of fused-ring (bicyclic) bond motifs is 2. The summed E-state index contributed by atoms with van der Waals surface area (Å²) >= 11 is 0. The van der Waals surface area contributed by atoms with E-state index in [1.165, 1.54) is 46.6 Å². The van der Waals surface area contributed by atoms with E-state index in [1.807, 2.05) is 0 Å². The second-order valence-corrected chi connectivity index (χ2v) is 15.0. The highest BCUT2D eigenvalue weighted by Crippen LogP contribution is 2.58. The van der Waals surface area contributed by atoms with Gasteiger partial charge in [0.15, 0.2) is 0 Å². The Morgan fingerprint density at radius 1 is 0.595 bits per heavy atom.